The molecule has 0 unspecified atom stereocenters. The normalized spacial score (nSPS) is 16.9. The van der Waals surface area contributed by atoms with Crippen LogP contribution < -0.4 is 10.6 Å². The van der Waals surface area contributed by atoms with Gasteiger partial charge in [0.15, 0.2) is 5.82 Å². The minimum Gasteiger partial charge on any atom is -0.381 e. The minimum absolute atomic E-state index is 0.0513. The van der Waals surface area contributed by atoms with Crippen molar-refractivity contribution >= 4 is 23.3 Å². The Labute approximate surface area is 173 Å². The van der Waals surface area contributed by atoms with Crippen molar-refractivity contribution in [2.45, 2.75) is 25.2 Å². The molecule has 152 valence electrons. The van der Waals surface area contributed by atoms with E-state index >= 15 is 0 Å². The van der Waals surface area contributed by atoms with Gasteiger partial charge in [0.05, 0.1) is 5.41 Å². The number of nitrogens with zero attached hydrogens (tertiary/aromatic N) is 1. The van der Waals surface area contributed by atoms with E-state index in [1.165, 1.54) is 6.26 Å². The Bertz CT molecular complexity index is 1130. The largest absolute Gasteiger partial charge is 0.381 e. The Kier molecular flexibility index (Phi) is 4.40. The highest BCUT2D eigenvalue weighted by atomic mass is 16.5. The van der Waals surface area contributed by atoms with Crippen LogP contribution in [0.3, 0.4) is 0 Å². The molecule has 0 atom stereocenters. The molecule has 2 aliphatic rings. The first-order valence-corrected chi connectivity index (χ1v) is 9.93. The lowest BCUT2D eigenvalue weighted by Gasteiger charge is -2.31. The molecule has 30 heavy (non-hydrogen) atoms. The second-order valence-electron chi connectivity index (χ2n) is 7.78. The lowest BCUT2D eigenvalue weighted by atomic mass is 9.75. The first kappa shape index (κ1) is 18.6. The van der Waals surface area contributed by atoms with Gasteiger partial charge in [-0.05, 0) is 60.2 Å². The Hall–Kier alpha value is -3.45. The molecule has 1 fully saturated rings. The van der Waals surface area contributed by atoms with Gasteiger partial charge in [-0.3, -0.25) is 9.59 Å². The maximum atomic E-state index is 12.8. The zero-order chi connectivity index (χ0) is 20.7. The number of amides is 2. The topological polar surface area (TPSA) is 93.5 Å². The van der Waals surface area contributed by atoms with E-state index in [0.717, 1.165) is 27.9 Å². The number of hydrogen-bond acceptors (Lipinski definition) is 5. The van der Waals surface area contributed by atoms with Crippen molar-refractivity contribution in [3.63, 3.8) is 0 Å². The smallest absolute Gasteiger partial charge is 0.256 e. The van der Waals surface area contributed by atoms with Crippen LogP contribution in [-0.2, 0) is 14.9 Å². The van der Waals surface area contributed by atoms with Crippen molar-refractivity contribution in [2.24, 2.45) is 0 Å². The third-order valence-corrected chi connectivity index (χ3v) is 6.05. The number of hydrogen-bond donors (Lipinski definition) is 2. The van der Waals surface area contributed by atoms with E-state index in [9.17, 15) is 9.59 Å². The predicted octanol–water partition coefficient (Wildman–Crippen LogP) is 3.90. The summed E-state index contributed by atoms with van der Waals surface area (Å²) in [5.41, 5.74) is 4.84. The van der Waals surface area contributed by atoms with Crippen LogP contribution in [0.4, 0.5) is 11.5 Å². The van der Waals surface area contributed by atoms with Gasteiger partial charge in [0.25, 0.3) is 5.91 Å². The molecule has 7 heteroatoms. The Morgan fingerprint density at radius 2 is 1.97 bits per heavy atom. The summed E-state index contributed by atoms with van der Waals surface area (Å²) in [6.07, 6.45) is 2.80. The second kappa shape index (κ2) is 7.11. The van der Waals surface area contributed by atoms with Gasteiger partial charge in [-0.25, -0.2) is 0 Å². The molecule has 0 radical (unpaired) electrons. The monoisotopic (exact) mass is 403 g/mol. The average Bonchev–Trinajstić information content (AvgIpc) is 3.35. The Morgan fingerprint density at radius 1 is 1.13 bits per heavy atom. The molecule has 5 rings (SSSR count). The molecule has 1 aromatic heterocycles. The number of ether oxygens (including phenoxy) is 1. The van der Waals surface area contributed by atoms with Crippen molar-refractivity contribution in [3.8, 4) is 11.1 Å². The summed E-state index contributed by atoms with van der Waals surface area (Å²) in [6.45, 7) is 3.19. The van der Waals surface area contributed by atoms with E-state index in [1.54, 1.807) is 12.1 Å². The summed E-state index contributed by atoms with van der Waals surface area (Å²) < 4.78 is 10.2. The maximum absolute atomic E-state index is 12.8. The molecule has 2 amide bonds. The number of aryl methyl sites for hydroxylation is 1. The highest BCUT2D eigenvalue weighted by Gasteiger charge is 2.47. The van der Waals surface area contributed by atoms with Crippen LogP contribution in [0.25, 0.3) is 11.1 Å². The lowest BCUT2D eigenvalue weighted by Crippen LogP contribution is -2.39. The average molecular weight is 403 g/mol. The van der Waals surface area contributed by atoms with Crippen molar-refractivity contribution in [3.05, 3.63) is 65.4 Å². The van der Waals surface area contributed by atoms with Gasteiger partial charge >= 0.3 is 0 Å². The molecule has 2 aliphatic heterocycles. The SMILES string of the molecule is Cc1ccc(C(=O)Nc2ccon2)cc1-c1ccc2c(c1)NC(=O)C21CCOCC1. The fourth-order valence-electron chi connectivity index (χ4n) is 4.35. The van der Waals surface area contributed by atoms with Crippen LogP contribution in [0.5, 0.6) is 0 Å². The molecule has 7 nitrogen and oxygen atoms in total. The standard InChI is InChI=1S/C23H21N3O4/c1-14-2-3-16(21(27)25-20-6-9-30-26-20)12-17(14)15-4-5-18-19(13-15)24-22(28)23(18)7-10-29-11-8-23/h2-6,9,12-13H,7-8,10-11H2,1H3,(H,24,28)(H,25,26,27). The molecule has 3 heterocycles. The summed E-state index contributed by atoms with van der Waals surface area (Å²) in [4.78, 5) is 25.4. The zero-order valence-electron chi connectivity index (χ0n) is 16.5. The number of carbonyl (C=O) groups excluding carboxylic acids is 2. The maximum Gasteiger partial charge on any atom is 0.256 e. The molecule has 0 aliphatic carbocycles. The first-order valence-electron chi connectivity index (χ1n) is 9.93. The summed E-state index contributed by atoms with van der Waals surface area (Å²) in [6, 6.07) is 13.2. The van der Waals surface area contributed by atoms with E-state index in [-0.39, 0.29) is 11.8 Å². The summed E-state index contributed by atoms with van der Waals surface area (Å²) >= 11 is 0. The third kappa shape index (κ3) is 2.98. The molecular weight excluding hydrogens is 382 g/mol. The molecule has 0 bridgehead atoms. The number of carbonyl (C=O) groups is 2. The van der Waals surface area contributed by atoms with Gasteiger partial charge in [-0.2, -0.15) is 0 Å². The summed E-state index contributed by atoms with van der Waals surface area (Å²) in [7, 11) is 0. The number of nitrogens with one attached hydrogen (secondary N) is 2. The Morgan fingerprint density at radius 3 is 2.73 bits per heavy atom. The number of benzene rings is 2. The molecule has 2 aromatic carbocycles. The number of aromatic nitrogens is 1. The number of fused-ring (bicyclic) bond motifs is 2. The lowest BCUT2D eigenvalue weighted by molar-refractivity contribution is -0.124. The molecule has 2 N–H and O–H groups in total. The molecule has 1 spiro atoms. The van der Waals surface area contributed by atoms with Gasteiger partial charge in [0.2, 0.25) is 5.91 Å². The van der Waals surface area contributed by atoms with Crippen molar-refractivity contribution in [1.29, 1.82) is 0 Å². The molecule has 3 aromatic rings. The van der Waals surface area contributed by atoms with Gasteiger partial charge < -0.3 is 19.9 Å². The Balaban J connectivity index is 1.49. The highest BCUT2D eigenvalue weighted by Crippen LogP contribution is 2.46. The predicted molar refractivity (Wildman–Crippen MR) is 111 cm³/mol. The quantitative estimate of drug-likeness (QED) is 0.692. The van der Waals surface area contributed by atoms with Crippen molar-refractivity contribution in [1.82, 2.24) is 5.16 Å². The van der Waals surface area contributed by atoms with Crippen molar-refractivity contribution < 1.29 is 18.8 Å². The van der Waals surface area contributed by atoms with Crippen LogP contribution in [-0.4, -0.2) is 30.2 Å². The minimum atomic E-state index is -0.486. The summed E-state index contributed by atoms with van der Waals surface area (Å²) in [5.74, 6) is 0.153. The first-order chi connectivity index (χ1) is 14.6. The van der Waals surface area contributed by atoms with Crippen LogP contribution in [0.1, 0.15) is 34.3 Å². The second-order valence-corrected chi connectivity index (χ2v) is 7.78. The van der Waals surface area contributed by atoms with Crippen LogP contribution in [0.15, 0.2) is 53.3 Å². The third-order valence-electron chi connectivity index (χ3n) is 6.05. The van der Waals surface area contributed by atoms with E-state index in [0.29, 0.717) is 37.4 Å². The van der Waals surface area contributed by atoms with Gasteiger partial charge in [0, 0.05) is 30.5 Å². The van der Waals surface area contributed by atoms with Crippen LogP contribution in [0, 0.1) is 6.92 Å². The van der Waals surface area contributed by atoms with Gasteiger partial charge in [-0.1, -0.05) is 23.4 Å². The van der Waals surface area contributed by atoms with Crippen LogP contribution >= 0.6 is 0 Å². The van der Waals surface area contributed by atoms with E-state index < -0.39 is 5.41 Å². The zero-order valence-corrected chi connectivity index (χ0v) is 16.5. The molecular formula is C23H21N3O4. The van der Waals surface area contributed by atoms with Gasteiger partial charge in [-0.15, -0.1) is 0 Å². The number of rotatable bonds is 3. The van der Waals surface area contributed by atoms with E-state index in [4.69, 9.17) is 9.26 Å². The highest BCUT2D eigenvalue weighted by molar-refractivity contribution is 6.07. The van der Waals surface area contributed by atoms with E-state index in [1.807, 2.05) is 37.3 Å². The fraction of sp³-hybridized carbons (Fsp3) is 0.261. The van der Waals surface area contributed by atoms with E-state index in [2.05, 4.69) is 15.8 Å². The van der Waals surface area contributed by atoms with Gasteiger partial charge in [0.1, 0.15) is 6.26 Å². The van der Waals surface area contributed by atoms with Crippen molar-refractivity contribution in [2.75, 3.05) is 23.8 Å². The van der Waals surface area contributed by atoms with Crippen LogP contribution in [0.2, 0.25) is 0 Å². The molecule has 1 saturated heterocycles. The number of anilines is 2. The summed E-state index contributed by atoms with van der Waals surface area (Å²) in [5, 5.41) is 9.48. The fourth-order valence-corrected chi connectivity index (χ4v) is 4.35. The molecule has 0 saturated carbocycles.